The van der Waals surface area contributed by atoms with E-state index in [1.807, 2.05) is 25.1 Å². The second kappa shape index (κ2) is 5.07. The standard InChI is InChI=1S/C13H8Cl4/c1-7-4-12(16)13(17)6-10(7)9-3-2-8(14)5-11(9)15/h2-6H,1H3. The number of rotatable bonds is 1. The Labute approximate surface area is 120 Å². The molecule has 0 amide bonds. The first kappa shape index (κ1) is 13.0. The van der Waals surface area contributed by atoms with E-state index in [0.29, 0.717) is 20.1 Å². The summed E-state index contributed by atoms with van der Waals surface area (Å²) in [5.41, 5.74) is 2.87. The van der Waals surface area contributed by atoms with Gasteiger partial charge in [-0.2, -0.15) is 0 Å². The van der Waals surface area contributed by atoms with Gasteiger partial charge in [0.15, 0.2) is 0 Å². The molecule has 0 nitrogen and oxygen atoms in total. The molecule has 0 atom stereocenters. The van der Waals surface area contributed by atoms with Gasteiger partial charge in [-0.1, -0.05) is 52.5 Å². The van der Waals surface area contributed by atoms with E-state index in [9.17, 15) is 0 Å². The third-order valence-electron chi connectivity index (χ3n) is 2.49. The molecule has 0 unspecified atom stereocenters. The first-order chi connectivity index (χ1) is 7.99. The Bertz CT molecular complexity index is 576. The molecular formula is C13H8Cl4. The zero-order chi connectivity index (χ0) is 12.6. The van der Waals surface area contributed by atoms with Gasteiger partial charge in [0.1, 0.15) is 0 Å². The summed E-state index contributed by atoms with van der Waals surface area (Å²) in [5, 5.41) is 2.26. The third kappa shape index (κ3) is 2.71. The number of halogens is 4. The maximum absolute atomic E-state index is 6.17. The van der Waals surface area contributed by atoms with Crippen LogP contribution < -0.4 is 0 Å². The summed E-state index contributed by atoms with van der Waals surface area (Å²) in [4.78, 5) is 0. The fraction of sp³-hybridized carbons (Fsp3) is 0.0769. The Hall–Kier alpha value is -0.400. The van der Waals surface area contributed by atoms with Gasteiger partial charge in [-0.05, 0) is 42.3 Å². The second-order valence-electron chi connectivity index (χ2n) is 3.71. The average molecular weight is 306 g/mol. The first-order valence-corrected chi connectivity index (χ1v) is 6.41. The Morgan fingerprint density at radius 3 is 2.00 bits per heavy atom. The highest BCUT2D eigenvalue weighted by Gasteiger charge is 2.10. The van der Waals surface area contributed by atoms with Crippen LogP contribution in [-0.2, 0) is 0 Å². The smallest absolute Gasteiger partial charge is 0.0598 e. The van der Waals surface area contributed by atoms with Gasteiger partial charge in [-0.15, -0.1) is 0 Å². The van der Waals surface area contributed by atoms with Crippen molar-refractivity contribution in [1.82, 2.24) is 0 Å². The van der Waals surface area contributed by atoms with Crippen molar-refractivity contribution < 1.29 is 0 Å². The topological polar surface area (TPSA) is 0 Å². The molecule has 17 heavy (non-hydrogen) atoms. The molecule has 88 valence electrons. The van der Waals surface area contributed by atoms with Crippen LogP contribution in [0, 0.1) is 6.92 Å². The molecule has 2 aromatic rings. The highest BCUT2D eigenvalue weighted by Crippen LogP contribution is 2.36. The molecule has 0 aromatic heterocycles. The van der Waals surface area contributed by atoms with Gasteiger partial charge in [0.05, 0.1) is 10.0 Å². The fourth-order valence-electron chi connectivity index (χ4n) is 1.64. The average Bonchev–Trinajstić information content (AvgIpc) is 2.24. The second-order valence-corrected chi connectivity index (χ2v) is 5.36. The monoisotopic (exact) mass is 304 g/mol. The minimum atomic E-state index is 0.512. The molecule has 0 saturated heterocycles. The Balaban J connectivity index is 2.64. The molecule has 0 bridgehead atoms. The van der Waals surface area contributed by atoms with Gasteiger partial charge in [-0.3, -0.25) is 0 Å². The Morgan fingerprint density at radius 2 is 1.35 bits per heavy atom. The van der Waals surface area contributed by atoms with E-state index in [1.165, 1.54) is 0 Å². The van der Waals surface area contributed by atoms with Crippen LogP contribution in [0.25, 0.3) is 11.1 Å². The highest BCUT2D eigenvalue weighted by molar-refractivity contribution is 6.42. The lowest BCUT2D eigenvalue weighted by Crippen LogP contribution is -1.86. The lowest BCUT2D eigenvalue weighted by atomic mass is 10.0. The zero-order valence-corrected chi connectivity index (χ0v) is 11.9. The van der Waals surface area contributed by atoms with E-state index in [1.54, 1.807) is 12.1 Å². The quantitative estimate of drug-likeness (QED) is 0.582. The van der Waals surface area contributed by atoms with Crippen LogP contribution in [-0.4, -0.2) is 0 Å². The van der Waals surface area contributed by atoms with Gasteiger partial charge in [0, 0.05) is 15.6 Å². The largest absolute Gasteiger partial charge is 0.0843 e. The summed E-state index contributed by atoms with van der Waals surface area (Å²) in [6.07, 6.45) is 0. The molecule has 0 radical (unpaired) electrons. The number of benzene rings is 2. The van der Waals surface area contributed by atoms with Crippen molar-refractivity contribution in [3.05, 3.63) is 56.0 Å². The first-order valence-electron chi connectivity index (χ1n) is 4.90. The van der Waals surface area contributed by atoms with Gasteiger partial charge >= 0.3 is 0 Å². The Morgan fingerprint density at radius 1 is 0.706 bits per heavy atom. The van der Waals surface area contributed by atoms with Crippen molar-refractivity contribution in [3.8, 4) is 11.1 Å². The molecular weight excluding hydrogens is 298 g/mol. The molecule has 0 aliphatic heterocycles. The molecule has 0 spiro atoms. The highest BCUT2D eigenvalue weighted by atomic mass is 35.5. The van der Waals surface area contributed by atoms with E-state index in [-0.39, 0.29) is 0 Å². The minimum absolute atomic E-state index is 0.512. The van der Waals surface area contributed by atoms with Crippen LogP contribution in [0.1, 0.15) is 5.56 Å². The van der Waals surface area contributed by atoms with Gasteiger partial charge in [0.2, 0.25) is 0 Å². The van der Waals surface area contributed by atoms with Crippen molar-refractivity contribution in [2.75, 3.05) is 0 Å². The minimum Gasteiger partial charge on any atom is -0.0843 e. The predicted octanol–water partition coefficient (Wildman–Crippen LogP) is 6.28. The maximum Gasteiger partial charge on any atom is 0.0598 e. The van der Waals surface area contributed by atoms with E-state index in [0.717, 1.165) is 16.7 Å². The summed E-state index contributed by atoms with van der Waals surface area (Å²) in [6, 6.07) is 9.01. The summed E-state index contributed by atoms with van der Waals surface area (Å²) in [7, 11) is 0. The molecule has 0 fully saturated rings. The van der Waals surface area contributed by atoms with Crippen LogP contribution >= 0.6 is 46.4 Å². The number of aryl methyl sites for hydroxylation is 1. The van der Waals surface area contributed by atoms with Crippen molar-refractivity contribution in [2.45, 2.75) is 6.92 Å². The summed E-state index contributed by atoms with van der Waals surface area (Å²) < 4.78 is 0. The van der Waals surface area contributed by atoms with Crippen LogP contribution in [0.2, 0.25) is 20.1 Å². The van der Waals surface area contributed by atoms with Crippen molar-refractivity contribution in [1.29, 1.82) is 0 Å². The van der Waals surface area contributed by atoms with E-state index >= 15 is 0 Å². The van der Waals surface area contributed by atoms with Crippen LogP contribution in [0.3, 0.4) is 0 Å². The molecule has 2 aromatic carbocycles. The maximum atomic E-state index is 6.17. The predicted molar refractivity (Wildman–Crippen MR) is 76.7 cm³/mol. The summed E-state index contributed by atoms with van der Waals surface area (Å²) in [5.74, 6) is 0. The molecule has 0 saturated carbocycles. The number of hydrogen-bond donors (Lipinski definition) is 0. The molecule has 2 rings (SSSR count). The molecule has 0 aliphatic carbocycles. The summed E-state index contributed by atoms with van der Waals surface area (Å²) >= 11 is 24.0. The van der Waals surface area contributed by atoms with E-state index < -0.39 is 0 Å². The lowest BCUT2D eigenvalue weighted by Gasteiger charge is -2.10. The summed E-state index contributed by atoms with van der Waals surface area (Å²) in [6.45, 7) is 1.96. The normalized spacial score (nSPS) is 10.6. The van der Waals surface area contributed by atoms with Crippen LogP contribution in [0.5, 0.6) is 0 Å². The molecule has 4 heteroatoms. The van der Waals surface area contributed by atoms with Gasteiger partial charge in [0.25, 0.3) is 0 Å². The lowest BCUT2D eigenvalue weighted by molar-refractivity contribution is 1.46. The van der Waals surface area contributed by atoms with E-state index in [2.05, 4.69) is 0 Å². The molecule has 0 heterocycles. The Kier molecular flexibility index (Phi) is 3.89. The number of hydrogen-bond acceptors (Lipinski definition) is 0. The third-order valence-corrected chi connectivity index (χ3v) is 3.76. The fourth-order valence-corrected chi connectivity index (χ4v) is 2.54. The zero-order valence-electron chi connectivity index (χ0n) is 8.90. The van der Waals surface area contributed by atoms with Gasteiger partial charge < -0.3 is 0 Å². The van der Waals surface area contributed by atoms with Crippen molar-refractivity contribution in [3.63, 3.8) is 0 Å². The van der Waals surface area contributed by atoms with E-state index in [4.69, 9.17) is 46.4 Å². The van der Waals surface area contributed by atoms with Crippen LogP contribution in [0.15, 0.2) is 30.3 Å². The SMILES string of the molecule is Cc1cc(Cl)c(Cl)cc1-c1ccc(Cl)cc1Cl. The van der Waals surface area contributed by atoms with Crippen molar-refractivity contribution in [2.24, 2.45) is 0 Å². The van der Waals surface area contributed by atoms with Gasteiger partial charge in [-0.25, -0.2) is 0 Å². The van der Waals surface area contributed by atoms with Crippen LogP contribution in [0.4, 0.5) is 0 Å². The molecule has 0 aliphatic rings. The molecule has 0 N–H and O–H groups in total. The van der Waals surface area contributed by atoms with Crippen molar-refractivity contribution >= 4 is 46.4 Å².